The predicted octanol–water partition coefficient (Wildman–Crippen LogP) is 3.02. The first-order chi connectivity index (χ1) is 16.0. The van der Waals surface area contributed by atoms with E-state index in [-0.39, 0.29) is 25.4 Å². The Kier molecular flexibility index (Phi) is 7.77. The molecule has 8 nitrogen and oxygen atoms in total. The minimum absolute atomic E-state index is 0.0786. The Labute approximate surface area is 202 Å². The van der Waals surface area contributed by atoms with Crippen LogP contribution in [0.2, 0.25) is 0 Å². The molecular formula is C25H34N2O6S. The summed E-state index contributed by atoms with van der Waals surface area (Å²) in [5, 5.41) is 0. The predicted molar refractivity (Wildman–Crippen MR) is 131 cm³/mol. The van der Waals surface area contributed by atoms with E-state index < -0.39 is 10.0 Å². The van der Waals surface area contributed by atoms with Crippen molar-refractivity contribution >= 4 is 15.9 Å². The first-order valence-electron chi connectivity index (χ1n) is 11.2. The fourth-order valence-corrected chi connectivity index (χ4v) is 6.40. The normalized spacial score (nSPS) is 14.7. The van der Waals surface area contributed by atoms with Crippen LogP contribution < -0.4 is 14.2 Å². The fraction of sp³-hybridized carbons (Fsp3) is 0.480. The summed E-state index contributed by atoms with van der Waals surface area (Å²) >= 11 is 0. The van der Waals surface area contributed by atoms with Crippen LogP contribution in [0.25, 0.3) is 0 Å². The van der Waals surface area contributed by atoms with E-state index in [1.807, 2.05) is 33.8 Å². The van der Waals surface area contributed by atoms with Crippen LogP contribution in [0.4, 0.5) is 0 Å². The van der Waals surface area contributed by atoms with Crippen LogP contribution in [0.5, 0.6) is 17.2 Å². The fourth-order valence-electron chi connectivity index (χ4n) is 4.40. The van der Waals surface area contributed by atoms with Crippen molar-refractivity contribution in [2.75, 3.05) is 47.5 Å². The van der Waals surface area contributed by atoms with E-state index in [9.17, 15) is 13.2 Å². The summed E-state index contributed by atoms with van der Waals surface area (Å²) < 4.78 is 44.5. The summed E-state index contributed by atoms with van der Waals surface area (Å²) in [5.74, 6) is 1.36. The van der Waals surface area contributed by atoms with Gasteiger partial charge in [-0.2, -0.15) is 4.31 Å². The van der Waals surface area contributed by atoms with Gasteiger partial charge in [-0.3, -0.25) is 4.79 Å². The van der Waals surface area contributed by atoms with Crippen molar-refractivity contribution in [3.8, 4) is 17.2 Å². The SMILES string of the molecule is COc1cc(CC(=O)N2CCN(S(=O)(=O)c3c(C)c(C)cc(C)c3C)CC2)cc(OC)c1OC. The molecular weight excluding hydrogens is 456 g/mol. The highest BCUT2D eigenvalue weighted by Gasteiger charge is 2.33. The topological polar surface area (TPSA) is 85.4 Å². The molecule has 0 radical (unpaired) electrons. The molecule has 0 N–H and O–H groups in total. The summed E-state index contributed by atoms with van der Waals surface area (Å²) in [6.45, 7) is 8.76. The van der Waals surface area contributed by atoms with Crippen molar-refractivity contribution in [3.63, 3.8) is 0 Å². The lowest BCUT2D eigenvalue weighted by Crippen LogP contribution is -2.51. The highest BCUT2D eigenvalue weighted by molar-refractivity contribution is 7.89. The number of ether oxygens (including phenoxy) is 3. The minimum Gasteiger partial charge on any atom is -0.493 e. The molecule has 1 aliphatic heterocycles. The largest absolute Gasteiger partial charge is 0.493 e. The van der Waals surface area contributed by atoms with Crippen molar-refractivity contribution in [2.24, 2.45) is 0 Å². The third kappa shape index (κ3) is 4.86. The molecule has 0 saturated carbocycles. The number of carbonyl (C=O) groups excluding carboxylic acids is 1. The molecule has 1 fully saturated rings. The number of aryl methyl sites for hydroxylation is 2. The maximum absolute atomic E-state index is 13.5. The minimum atomic E-state index is -3.65. The van der Waals surface area contributed by atoms with Crippen LogP contribution in [0.3, 0.4) is 0 Å². The van der Waals surface area contributed by atoms with E-state index in [0.29, 0.717) is 35.2 Å². The van der Waals surface area contributed by atoms with E-state index in [0.717, 1.165) is 27.8 Å². The average molecular weight is 491 g/mol. The van der Waals surface area contributed by atoms with Gasteiger partial charge in [0.05, 0.1) is 32.6 Å². The molecule has 0 aromatic heterocycles. The van der Waals surface area contributed by atoms with E-state index in [1.54, 1.807) is 17.0 Å². The van der Waals surface area contributed by atoms with Crippen LogP contribution in [0, 0.1) is 27.7 Å². The van der Waals surface area contributed by atoms with Gasteiger partial charge in [0.15, 0.2) is 11.5 Å². The van der Waals surface area contributed by atoms with Gasteiger partial charge in [0.2, 0.25) is 21.7 Å². The summed E-state index contributed by atoms with van der Waals surface area (Å²) in [7, 11) is 0.933. The van der Waals surface area contributed by atoms with Gasteiger partial charge in [0.1, 0.15) is 0 Å². The summed E-state index contributed by atoms with van der Waals surface area (Å²) in [4.78, 5) is 15.1. The summed E-state index contributed by atoms with van der Waals surface area (Å²) in [6, 6.07) is 5.53. The van der Waals surface area contributed by atoms with Gasteiger partial charge >= 0.3 is 0 Å². The van der Waals surface area contributed by atoms with Crippen LogP contribution in [-0.2, 0) is 21.2 Å². The number of nitrogens with zero attached hydrogens (tertiary/aromatic N) is 2. The molecule has 9 heteroatoms. The lowest BCUT2D eigenvalue weighted by Gasteiger charge is -2.35. The second-order valence-corrected chi connectivity index (χ2v) is 10.5. The van der Waals surface area contributed by atoms with Gasteiger partial charge in [-0.15, -0.1) is 0 Å². The molecule has 0 spiro atoms. The zero-order valence-corrected chi connectivity index (χ0v) is 21.8. The first kappa shape index (κ1) is 25.8. The van der Waals surface area contributed by atoms with Gasteiger partial charge in [0, 0.05) is 26.2 Å². The van der Waals surface area contributed by atoms with Crippen molar-refractivity contribution in [1.82, 2.24) is 9.21 Å². The van der Waals surface area contributed by atoms with Gasteiger partial charge in [-0.1, -0.05) is 6.07 Å². The van der Waals surface area contributed by atoms with E-state index in [4.69, 9.17) is 14.2 Å². The zero-order valence-electron chi connectivity index (χ0n) is 21.0. The molecule has 34 heavy (non-hydrogen) atoms. The van der Waals surface area contributed by atoms with Crippen molar-refractivity contribution in [1.29, 1.82) is 0 Å². The van der Waals surface area contributed by atoms with Crippen molar-refractivity contribution in [2.45, 2.75) is 39.0 Å². The van der Waals surface area contributed by atoms with Crippen molar-refractivity contribution in [3.05, 3.63) is 46.0 Å². The van der Waals surface area contributed by atoms with Crippen LogP contribution in [-0.4, -0.2) is 71.0 Å². The maximum atomic E-state index is 13.5. The monoisotopic (exact) mass is 490 g/mol. The lowest BCUT2D eigenvalue weighted by molar-refractivity contribution is -0.131. The molecule has 1 saturated heterocycles. The molecule has 2 aromatic carbocycles. The molecule has 186 valence electrons. The summed E-state index contributed by atoms with van der Waals surface area (Å²) in [5.41, 5.74) is 4.21. The second kappa shape index (κ2) is 10.2. The molecule has 3 rings (SSSR count). The number of sulfonamides is 1. The van der Waals surface area contributed by atoms with Crippen LogP contribution in [0.1, 0.15) is 27.8 Å². The van der Waals surface area contributed by atoms with E-state index >= 15 is 0 Å². The standard InChI is InChI=1S/C25H34N2O6S/c1-16-12-17(2)19(4)25(18(16)3)34(29,30)27-10-8-26(9-11-27)23(28)15-20-13-21(31-5)24(33-7)22(14-20)32-6/h12-14H,8-11,15H2,1-7H3. The number of hydrogen-bond acceptors (Lipinski definition) is 6. The maximum Gasteiger partial charge on any atom is 0.243 e. The molecule has 0 unspecified atom stereocenters. The highest BCUT2D eigenvalue weighted by atomic mass is 32.2. The quantitative estimate of drug-likeness (QED) is 0.593. The Hall–Kier alpha value is -2.78. The van der Waals surface area contributed by atoms with Crippen molar-refractivity contribution < 1.29 is 27.4 Å². The Bertz CT molecular complexity index is 1130. The number of rotatable bonds is 7. The smallest absolute Gasteiger partial charge is 0.243 e. The second-order valence-electron chi connectivity index (χ2n) is 8.58. The number of amides is 1. The molecule has 1 aliphatic rings. The third-order valence-electron chi connectivity index (χ3n) is 6.57. The Morgan fingerprint density at radius 3 is 1.76 bits per heavy atom. The van der Waals surface area contributed by atoms with Gasteiger partial charge < -0.3 is 19.1 Å². The number of hydrogen-bond donors (Lipinski definition) is 0. The Balaban J connectivity index is 1.74. The zero-order chi connectivity index (χ0) is 25.2. The van der Waals surface area contributed by atoms with Gasteiger partial charge in [-0.25, -0.2) is 8.42 Å². The van der Waals surface area contributed by atoms with E-state index in [2.05, 4.69) is 0 Å². The number of benzene rings is 2. The average Bonchev–Trinajstić information content (AvgIpc) is 2.82. The molecule has 0 bridgehead atoms. The van der Waals surface area contributed by atoms with Crippen LogP contribution >= 0.6 is 0 Å². The lowest BCUT2D eigenvalue weighted by atomic mass is 10.0. The van der Waals surface area contributed by atoms with Gasteiger partial charge in [0.25, 0.3) is 0 Å². The Morgan fingerprint density at radius 1 is 0.824 bits per heavy atom. The molecule has 1 amide bonds. The molecule has 0 aliphatic carbocycles. The number of carbonyl (C=O) groups is 1. The molecule has 2 aromatic rings. The number of methoxy groups -OCH3 is 3. The Morgan fingerprint density at radius 2 is 1.32 bits per heavy atom. The molecule has 0 atom stereocenters. The first-order valence-corrected chi connectivity index (χ1v) is 12.6. The third-order valence-corrected chi connectivity index (χ3v) is 8.74. The van der Waals surface area contributed by atoms with Gasteiger partial charge in [-0.05, 0) is 67.6 Å². The number of piperazine rings is 1. The summed E-state index contributed by atoms with van der Waals surface area (Å²) in [6.07, 6.45) is 0.152. The van der Waals surface area contributed by atoms with Crippen LogP contribution in [0.15, 0.2) is 23.1 Å². The van der Waals surface area contributed by atoms with E-state index in [1.165, 1.54) is 25.6 Å². The highest BCUT2D eigenvalue weighted by Crippen LogP contribution is 2.38. The molecule has 1 heterocycles.